The Morgan fingerprint density at radius 1 is 1.41 bits per heavy atom. The van der Waals surface area contributed by atoms with Crippen molar-refractivity contribution in [2.24, 2.45) is 0 Å². The van der Waals surface area contributed by atoms with Crippen LogP contribution in [0.15, 0.2) is 0 Å². The molecule has 6 heteroatoms. The molecule has 0 aliphatic heterocycles. The summed E-state index contributed by atoms with van der Waals surface area (Å²) in [5.41, 5.74) is 6.69. The molecule has 0 saturated heterocycles. The van der Waals surface area contributed by atoms with Crippen molar-refractivity contribution in [1.29, 1.82) is 0 Å². The van der Waals surface area contributed by atoms with Gasteiger partial charge in [-0.25, -0.2) is 4.79 Å². The fourth-order valence-corrected chi connectivity index (χ4v) is 2.43. The normalized spacial score (nSPS) is 10.4. The highest BCUT2D eigenvalue weighted by Crippen LogP contribution is 2.30. The van der Waals surface area contributed by atoms with Gasteiger partial charge < -0.3 is 15.8 Å². The number of anilines is 1. The number of ether oxygens (including phenoxy) is 1. The zero-order chi connectivity index (χ0) is 13.2. The van der Waals surface area contributed by atoms with Crippen LogP contribution in [0.2, 0.25) is 0 Å². The maximum absolute atomic E-state index is 11.9. The van der Waals surface area contributed by atoms with Crippen molar-refractivity contribution in [2.75, 3.05) is 12.8 Å². The monoisotopic (exact) mass is 256 g/mol. The molecular weight excluding hydrogens is 240 g/mol. The average Bonchev–Trinajstić information content (AvgIpc) is 2.52. The molecule has 0 unspecified atom stereocenters. The Morgan fingerprint density at radius 2 is 2.00 bits per heavy atom. The molecule has 1 heterocycles. The Morgan fingerprint density at radius 3 is 2.47 bits per heavy atom. The lowest BCUT2D eigenvalue weighted by atomic mass is 10.1. The summed E-state index contributed by atoms with van der Waals surface area (Å²) in [6, 6.07) is 0.0165. The van der Waals surface area contributed by atoms with Crippen LogP contribution >= 0.6 is 11.3 Å². The standard InChI is InChI=1S/C11H16N2O3S/c1-5(2)13-10(14)7-6(3)8(11(15)16-4)17-9(7)12/h5H,12H2,1-4H3,(H,13,14). The summed E-state index contributed by atoms with van der Waals surface area (Å²) in [4.78, 5) is 23.7. The summed E-state index contributed by atoms with van der Waals surface area (Å²) >= 11 is 1.07. The van der Waals surface area contributed by atoms with Gasteiger partial charge >= 0.3 is 5.97 Å². The third kappa shape index (κ3) is 2.76. The number of nitrogens with one attached hydrogen (secondary N) is 1. The molecular formula is C11H16N2O3S. The molecule has 0 atom stereocenters. The van der Waals surface area contributed by atoms with E-state index >= 15 is 0 Å². The Kier molecular flexibility index (Phi) is 4.11. The second-order valence-corrected chi connectivity index (χ2v) is 4.97. The quantitative estimate of drug-likeness (QED) is 0.804. The summed E-state index contributed by atoms with van der Waals surface area (Å²) < 4.78 is 4.63. The molecule has 1 aromatic heterocycles. The SMILES string of the molecule is COC(=O)c1sc(N)c(C(=O)NC(C)C)c1C. The first-order chi connectivity index (χ1) is 7.88. The molecule has 5 nitrogen and oxygen atoms in total. The predicted octanol–water partition coefficient (Wildman–Crippen LogP) is 1.56. The van der Waals surface area contributed by atoms with Crippen LogP contribution in [-0.2, 0) is 4.74 Å². The fourth-order valence-electron chi connectivity index (χ4n) is 1.44. The number of hydrogen-bond donors (Lipinski definition) is 2. The molecule has 0 aliphatic rings. The Labute approximate surface area is 104 Å². The van der Waals surface area contributed by atoms with E-state index in [1.54, 1.807) is 6.92 Å². The van der Waals surface area contributed by atoms with Crippen molar-refractivity contribution in [3.05, 3.63) is 16.0 Å². The molecule has 1 aromatic rings. The lowest BCUT2D eigenvalue weighted by molar-refractivity contribution is 0.0605. The van der Waals surface area contributed by atoms with E-state index in [-0.39, 0.29) is 11.9 Å². The van der Waals surface area contributed by atoms with Gasteiger partial charge in [0.25, 0.3) is 5.91 Å². The van der Waals surface area contributed by atoms with Crippen LogP contribution in [-0.4, -0.2) is 25.0 Å². The number of carbonyl (C=O) groups is 2. The molecule has 0 saturated carbocycles. The van der Waals surface area contributed by atoms with Crippen LogP contribution in [0.1, 0.15) is 39.4 Å². The van der Waals surface area contributed by atoms with Crippen LogP contribution in [0.5, 0.6) is 0 Å². The predicted molar refractivity (Wildman–Crippen MR) is 67.4 cm³/mol. The summed E-state index contributed by atoms with van der Waals surface area (Å²) in [7, 11) is 1.30. The van der Waals surface area contributed by atoms with E-state index in [0.717, 1.165) is 11.3 Å². The molecule has 0 fully saturated rings. The molecule has 0 bridgehead atoms. The summed E-state index contributed by atoms with van der Waals surface area (Å²) in [6.07, 6.45) is 0. The minimum atomic E-state index is -0.470. The zero-order valence-corrected chi connectivity index (χ0v) is 11.1. The van der Waals surface area contributed by atoms with Gasteiger partial charge in [0.1, 0.15) is 4.88 Å². The van der Waals surface area contributed by atoms with Crippen molar-refractivity contribution < 1.29 is 14.3 Å². The van der Waals surface area contributed by atoms with Crippen molar-refractivity contribution in [2.45, 2.75) is 26.8 Å². The Hall–Kier alpha value is -1.56. The van der Waals surface area contributed by atoms with Gasteiger partial charge in [0.2, 0.25) is 0 Å². The van der Waals surface area contributed by atoms with Crippen LogP contribution < -0.4 is 11.1 Å². The highest BCUT2D eigenvalue weighted by atomic mass is 32.1. The minimum absolute atomic E-state index is 0.0165. The molecule has 94 valence electrons. The second kappa shape index (κ2) is 5.18. The van der Waals surface area contributed by atoms with Gasteiger partial charge in [-0.2, -0.15) is 0 Å². The number of hydrogen-bond acceptors (Lipinski definition) is 5. The molecule has 0 aliphatic carbocycles. The van der Waals surface area contributed by atoms with E-state index in [1.807, 2.05) is 13.8 Å². The number of esters is 1. The van der Waals surface area contributed by atoms with E-state index in [0.29, 0.717) is 21.0 Å². The zero-order valence-electron chi connectivity index (χ0n) is 10.3. The third-order valence-corrected chi connectivity index (χ3v) is 3.29. The lowest BCUT2D eigenvalue weighted by Gasteiger charge is -2.08. The highest BCUT2D eigenvalue weighted by Gasteiger charge is 2.23. The average molecular weight is 256 g/mol. The van der Waals surface area contributed by atoms with Gasteiger partial charge in [0, 0.05) is 6.04 Å². The molecule has 0 spiro atoms. The summed E-state index contributed by atoms with van der Waals surface area (Å²) in [5, 5.41) is 3.08. The van der Waals surface area contributed by atoms with Gasteiger partial charge in [0.15, 0.2) is 0 Å². The molecule has 17 heavy (non-hydrogen) atoms. The van der Waals surface area contributed by atoms with Crippen LogP contribution in [0.3, 0.4) is 0 Å². The Balaban J connectivity index is 3.13. The maximum atomic E-state index is 11.9. The van der Waals surface area contributed by atoms with E-state index in [2.05, 4.69) is 10.1 Å². The number of nitrogens with two attached hydrogens (primary N) is 1. The number of rotatable bonds is 3. The second-order valence-electron chi connectivity index (χ2n) is 3.92. The largest absolute Gasteiger partial charge is 0.465 e. The first-order valence-corrected chi connectivity index (χ1v) is 5.98. The maximum Gasteiger partial charge on any atom is 0.348 e. The molecule has 0 aromatic carbocycles. The highest BCUT2D eigenvalue weighted by molar-refractivity contribution is 7.18. The van der Waals surface area contributed by atoms with Crippen LogP contribution in [0.4, 0.5) is 5.00 Å². The summed E-state index contributed by atoms with van der Waals surface area (Å²) in [5.74, 6) is -0.732. The van der Waals surface area contributed by atoms with E-state index < -0.39 is 5.97 Å². The molecule has 3 N–H and O–H groups in total. The smallest absolute Gasteiger partial charge is 0.348 e. The number of amides is 1. The van der Waals surface area contributed by atoms with Crippen molar-refractivity contribution in [1.82, 2.24) is 5.32 Å². The van der Waals surface area contributed by atoms with Crippen molar-refractivity contribution in [3.8, 4) is 0 Å². The van der Waals surface area contributed by atoms with Crippen molar-refractivity contribution in [3.63, 3.8) is 0 Å². The van der Waals surface area contributed by atoms with Gasteiger partial charge in [0.05, 0.1) is 17.7 Å². The Bertz CT molecular complexity index is 452. The number of methoxy groups -OCH3 is 1. The third-order valence-electron chi connectivity index (χ3n) is 2.19. The topological polar surface area (TPSA) is 81.4 Å². The first-order valence-electron chi connectivity index (χ1n) is 5.16. The molecule has 1 amide bonds. The number of nitrogen functional groups attached to an aromatic ring is 1. The molecule has 1 rings (SSSR count). The van der Waals surface area contributed by atoms with E-state index in [1.165, 1.54) is 7.11 Å². The molecule has 0 radical (unpaired) electrons. The van der Waals surface area contributed by atoms with Gasteiger partial charge in [-0.3, -0.25) is 4.79 Å². The van der Waals surface area contributed by atoms with Crippen molar-refractivity contribution >= 4 is 28.2 Å². The fraction of sp³-hybridized carbons (Fsp3) is 0.455. The van der Waals surface area contributed by atoms with E-state index in [9.17, 15) is 9.59 Å². The van der Waals surface area contributed by atoms with Gasteiger partial charge in [-0.15, -0.1) is 11.3 Å². The number of carbonyl (C=O) groups excluding carboxylic acids is 2. The van der Waals surface area contributed by atoms with Crippen LogP contribution in [0, 0.1) is 6.92 Å². The van der Waals surface area contributed by atoms with Gasteiger partial charge in [-0.05, 0) is 26.3 Å². The number of thiophene rings is 1. The minimum Gasteiger partial charge on any atom is -0.465 e. The first kappa shape index (κ1) is 13.5. The van der Waals surface area contributed by atoms with Crippen LogP contribution in [0.25, 0.3) is 0 Å². The van der Waals surface area contributed by atoms with E-state index in [4.69, 9.17) is 5.73 Å². The summed E-state index contributed by atoms with van der Waals surface area (Å²) in [6.45, 7) is 5.41. The van der Waals surface area contributed by atoms with Gasteiger partial charge in [-0.1, -0.05) is 0 Å². The lowest BCUT2D eigenvalue weighted by Crippen LogP contribution is -2.30.